The SMILES string of the molecule is O=C(O)c1ccc(=O)n(CC(=O)N(c2ccccc2)c2ccccc2)c1. The first-order valence-corrected chi connectivity index (χ1v) is 7.93. The van der Waals surface area contributed by atoms with E-state index in [1.54, 1.807) is 24.3 Å². The highest BCUT2D eigenvalue weighted by Gasteiger charge is 2.19. The molecular formula is C20H16N2O4. The van der Waals surface area contributed by atoms with Crippen molar-refractivity contribution in [1.29, 1.82) is 0 Å². The molecule has 0 fully saturated rings. The Bertz CT molecular complexity index is 942. The molecule has 1 amide bonds. The molecule has 0 unspecified atom stereocenters. The number of carbonyl (C=O) groups is 2. The summed E-state index contributed by atoms with van der Waals surface area (Å²) in [5.74, 6) is -1.51. The van der Waals surface area contributed by atoms with E-state index >= 15 is 0 Å². The topological polar surface area (TPSA) is 79.6 Å². The first-order valence-electron chi connectivity index (χ1n) is 7.93. The van der Waals surface area contributed by atoms with Gasteiger partial charge in [0.25, 0.3) is 11.5 Å². The predicted molar refractivity (Wildman–Crippen MR) is 97.7 cm³/mol. The maximum absolute atomic E-state index is 13.0. The minimum atomic E-state index is -1.16. The number of para-hydroxylation sites is 2. The van der Waals surface area contributed by atoms with Gasteiger partial charge >= 0.3 is 5.97 Å². The third-order valence-electron chi connectivity index (χ3n) is 3.81. The first kappa shape index (κ1) is 17.2. The second kappa shape index (κ2) is 7.48. The fourth-order valence-corrected chi connectivity index (χ4v) is 2.59. The third kappa shape index (κ3) is 3.70. The van der Waals surface area contributed by atoms with E-state index in [0.717, 1.165) is 10.6 Å². The number of carboxylic acids is 1. The van der Waals surface area contributed by atoms with Crippen LogP contribution in [0.25, 0.3) is 0 Å². The predicted octanol–water partition coefficient (Wildman–Crippen LogP) is 2.91. The Morgan fingerprint density at radius 1 is 0.846 bits per heavy atom. The van der Waals surface area contributed by atoms with Crippen molar-refractivity contribution in [1.82, 2.24) is 4.57 Å². The Balaban J connectivity index is 1.98. The zero-order chi connectivity index (χ0) is 18.5. The van der Waals surface area contributed by atoms with Gasteiger partial charge in [-0.1, -0.05) is 36.4 Å². The largest absolute Gasteiger partial charge is 0.478 e. The van der Waals surface area contributed by atoms with E-state index < -0.39 is 11.5 Å². The van der Waals surface area contributed by atoms with E-state index in [1.165, 1.54) is 17.2 Å². The van der Waals surface area contributed by atoms with Gasteiger partial charge < -0.3 is 9.67 Å². The molecule has 3 aromatic rings. The van der Waals surface area contributed by atoms with Crippen LogP contribution in [0.15, 0.2) is 83.8 Å². The number of carbonyl (C=O) groups excluding carboxylic acids is 1. The zero-order valence-corrected chi connectivity index (χ0v) is 13.8. The molecule has 0 spiro atoms. The zero-order valence-electron chi connectivity index (χ0n) is 13.8. The number of rotatable bonds is 5. The monoisotopic (exact) mass is 348 g/mol. The summed E-state index contributed by atoms with van der Waals surface area (Å²) < 4.78 is 1.10. The first-order chi connectivity index (χ1) is 12.6. The van der Waals surface area contributed by atoms with Gasteiger partial charge in [-0.2, -0.15) is 0 Å². The van der Waals surface area contributed by atoms with Gasteiger partial charge in [-0.25, -0.2) is 4.79 Å². The molecule has 0 aliphatic heterocycles. The molecule has 6 nitrogen and oxygen atoms in total. The number of anilines is 2. The molecule has 1 heterocycles. The molecule has 0 aliphatic carbocycles. The van der Waals surface area contributed by atoms with Crippen LogP contribution >= 0.6 is 0 Å². The van der Waals surface area contributed by atoms with Gasteiger partial charge in [0.05, 0.1) is 5.56 Å². The maximum Gasteiger partial charge on any atom is 0.337 e. The summed E-state index contributed by atoms with van der Waals surface area (Å²) in [6.45, 7) is -0.274. The van der Waals surface area contributed by atoms with E-state index in [4.69, 9.17) is 5.11 Å². The number of pyridine rings is 1. The van der Waals surface area contributed by atoms with Gasteiger partial charge in [0.1, 0.15) is 6.54 Å². The van der Waals surface area contributed by atoms with Gasteiger partial charge in [0.15, 0.2) is 0 Å². The van der Waals surface area contributed by atoms with Crippen LogP contribution in [0.4, 0.5) is 11.4 Å². The van der Waals surface area contributed by atoms with Gasteiger partial charge in [-0.15, -0.1) is 0 Å². The number of hydrogen-bond donors (Lipinski definition) is 1. The summed E-state index contributed by atoms with van der Waals surface area (Å²) in [6.07, 6.45) is 1.18. The number of nitrogens with zero attached hydrogens (tertiary/aromatic N) is 2. The molecule has 2 aromatic carbocycles. The highest BCUT2D eigenvalue weighted by Crippen LogP contribution is 2.25. The molecule has 0 radical (unpaired) electrons. The Kier molecular flexibility index (Phi) is 4.94. The number of amides is 1. The lowest BCUT2D eigenvalue weighted by molar-refractivity contribution is -0.118. The molecule has 0 saturated heterocycles. The summed E-state index contributed by atoms with van der Waals surface area (Å²) in [6, 6.07) is 20.5. The van der Waals surface area contributed by atoms with Crippen molar-refractivity contribution < 1.29 is 14.7 Å². The minimum absolute atomic E-state index is 0.0524. The average Bonchev–Trinajstić information content (AvgIpc) is 2.65. The smallest absolute Gasteiger partial charge is 0.337 e. The molecule has 6 heteroatoms. The summed E-state index contributed by atoms with van der Waals surface area (Å²) in [5, 5.41) is 9.09. The van der Waals surface area contributed by atoms with Crippen LogP contribution in [0.3, 0.4) is 0 Å². The fraction of sp³-hybridized carbons (Fsp3) is 0.0500. The van der Waals surface area contributed by atoms with Crippen molar-refractivity contribution in [3.05, 3.63) is 94.9 Å². The Hall–Kier alpha value is -3.67. The molecule has 1 aromatic heterocycles. The van der Waals surface area contributed by atoms with Crippen LogP contribution in [-0.2, 0) is 11.3 Å². The van der Waals surface area contributed by atoms with Crippen molar-refractivity contribution in [2.45, 2.75) is 6.54 Å². The normalized spacial score (nSPS) is 10.3. The van der Waals surface area contributed by atoms with Gasteiger partial charge in [-0.05, 0) is 30.3 Å². The number of hydrogen-bond acceptors (Lipinski definition) is 3. The summed E-state index contributed by atoms with van der Waals surface area (Å²) >= 11 is 0. The van der Waals surface area contributed by atoms with Crippen LogP contribution in [0.1, 0.15) is 10.4 Å². The Morgan fingerprint density at radius 2 is 1.38 bits per heavy atom. The van der Waals surface area contributed by atoms with Crippen LogP contribution in [-0.4, -0.2) is 21.6 Å². The number of aromatic nitrogens is 1. The van der Waals surface area contributed by atoms with Crippen molar-refractivity contribution in [3.63, 3.8) is 0 Å². The summed E-state index contributed by atoms with van der Waals surface area (Å²) in [4.78, 5) is 37.6. The molecular weight excluding hydrogens is 332 g/mol. The average molecular weight is 348 g/mol. The summed E-state index contributed by atoms with van der Waals surface area (Å²) in [5.41, 5.74) is 0.824. The Morgan fingerprint density at radius 3 is 1.88 bits per heavy atom. The highest BCUT2D eigenvalue weighted by atomic mass is 16.4. The second-order valence-electron chi connectivity index (χ2n) is 5.59. The van der Waals surface area contributed by atoms with Crippen molar-refractivity contribution in [2.75, 3.05) is 4.90 Å². The van der Waals surface area contributed by atoms with Crippen molar-refractivity contribution in [2.24, 2.45) is 0 Å². The maximum atomic E-state index is 13.0. The van der Waals surface area contributed by atoms with E-state index in [0.29, 0.717) is 11.4 Å². The Labute approximate surface area is 149 Å². The standard InChI is InChI=1S/C20H16N2O4/c23-18-12-11-15(20(25)26)13-21(18)14-19(24)22(16-7-3-1-4-8-16)17-9-5-2-6-10-17/h1-13H,14H2,(H,25,26). The van der Waals surface area contributed by atoms with Crippen LogP contribution in [0.5, 0.6) is 0 Å². The second-order valence-corrected chi connectivity index (χ2v) is 5.59. The lowest BCUT2D eigenvalue weighted by atomic mass is 10.2. The molecule has 0 bridgehead atoms. The number of aromatic carboxylic acids is 1. The quantitative estimate of drug-likeness (QED) is 0.769. The molecule has 26 heavy (non-hydrogen) atoms. The minimum Gasteiger partial charge on any atom is -0.478 e. The van der Waals surface area contributed by atoms with E-state index in [-0.39, 0.29) is 18.0 Å². The van der Waals surface area contributed by atoms with E-state index in [2.05, 4.69) is 0 Å². The molecule has 1 N–H and O–H groups in total. The van der Waals surface area contributed by atoms with E-state index in [1.807, 2.05) is 36.4 Å². The fourth-order valence-electron chi connectivity index (χ4n) is 2.59. The van der Waals surface area contributed by atoms with Crippen LogP contribution < -0.4 is 10.5 Å². The lowest BCUT2D eigenvalue weighted by Gasteiger charge is -2.23. The molecule has 3 rings (SSSR count). The van der Waals surface area contributed by atoms with Gasteiger partial charge in [-0.3, -0.25) is 14.5 Å². The third-order valence-corrected chi connectivity index (χ3v) is 3.81. The highest BCUT2D eigenvalue weighted by molar-refractivity contribution is 6.00. The molecule has 0 aliphatic rings. The van der Waals surface area contributed by atoms with E-state index in [9.17, 15) is 14.4 Å². The molecule has 0 atom stereocenters. The van der Waals surface area contributed by atoms with Crippen molar-refractivity contribution in [3.8, 4) is 0 Å². The van der Waals surface area contributed by atoms with Gasteiger partial charge in [0, 0.05) is 23.6 Å². The van der Waals surface area contributed by atoms with Crippen LogP contribution in [0, 0.1) is 0 Å². The molecule has 0 saturated carbocycles. The summed E-state index contributed by atoms with van der Waals surface area (Å²) in [7, 11) is 0. The number of carboxylic acid groups (broad SMARTS) is 1. The molecule has 130 valence electrons. The van der Waals surface area contributed by atoms with Crippen molar-refractivity contribution >= 4 is 23.3 Å². The van der Waals surface area contributed by atoms with Gasteiger partial charge in [0.2, 0.25) is 0 Å². The van der Waals surface area contributed by atoms with Crippen LogP contribution in [0.2, 0.25) is 0 Å². The lowest BCUT2D eigenvalue weighted by Crippen LogP contribution is -2.33. The number of benzene rings is 2.